The molecule has 1 amide bonds. The number of rotatable bonds is 3. The standard InChI is InChI=1S/C17H21ClN4O.ClH/c1-12(2)16-15(17(23)21-9-7-19-8-10-21)11-20-22(16)14-5-3-13(18)4-6-14;/h3-6,11-12,19H,7-10H2,1-2H3;1H. The van der Waals surface area contributed by atoms with Crippen LogP contribution >= 0.6 is 24.0 Å². The van der Waals surface area contributed by atoms with E-state index < -0.39 is 0 Å². The maximum Gasteiger partial charge on any atom is 0.257 e. The SMILES string of the molecule is CC(C)c1c(C(=O)N2CCNCC2)cnn1-c1ccc(Cl)cc1.Cl. The van der Waals surface area contributed by atoms with Crippen molar-refractivity contribution in [2.24, 2.45) is 0 Å². The van der Waals surface area contributed by atoms with Crippen LogP contribution in [0.4, 0.5) is 0 Å². The van der Waals surface area contributed by atoms with Gasteiger partial charge in [0.1, 0.15) is 0 Å². The molecule has 2 aromatic rings. The third-order valence-electron chi connectivity index (χ3n) is 4.06. The lowest BCUT2D eigenvalue weighted by molar-refractivity contribution is 0.0734. The van der Waals surface area contributed by atoms with Crippen LogP contribution < -0.4 is 5.32 Å². The quantitative estimate of drug-likeness (QED) is 0.905. The highest BCUT2D eigenvalue weighted by Gasteiger charge is 2.25. The molecule has 1 aliphatic heterocycles. The summed E-state index contributed by atoms with van der Waals surface area (Å²) in [6.07, 6.45) is 1.69. The molecule has 0 saturated carbocycles. The number of hydrogen-bond donors (Lipinski definition) is 1. The molecule has 3 rings (SSSR count). The first-order valence-electron chi connectivity index (χ1n) is 7.92. The molecule has 2 heterocycles. The number of carbonyl (C=O) groups is 1. The highest BCUT2D eigenvalue weighted by molar-refractivity contribution is 6.30. The second-order valence-corrected chi connectivity index (χ2v) is 6.47. The molecular formula is C17H22Cl2N4O. The number of nitrogens with one attached hydrogen (secondary N) is 1. The second kappa shape index (κ2) is 8.01. The fraction of sp³-hybridized carbons (Fsp3) is 0.412. The number of piperazine rings is 1. The van der Waals surface area contributed by atoms with E-state index in [0.29, 0.717) is 10.6 Å². The maximum absolute atomic E-state index is 12.8. The maximum atomic E-state index is 12.8. The van der Waals surface area contributed by atoms with E-state index in [1.165, 1.54) is 0 Å². The van der Waals surface area contributed by atoms with Crippen LogP contribution in [0.15, 0.2) is 30.5 Å². The Morgan fingerprint density at radius 1 is 1.21 bits per heavy atom. The Hall–Kier alpha value is -1.56. The van der Waals surface area contributed by atoms with Crippen LogP contribution in [0.3, 0.4) is 0 Å². The average Bonchev–Trinajstić information content (AvgIpc) is 3.01. The van der Waals surface area contributed by atoms with Gasteiger partial charge in [0.15, 0.2) is 0 Å². The minimum atomic E-state index is 0. The van der Waals surface area contributed by atoms with Gasteiger partial charge in [-0.15, -0.1) is 12.4 Å². The second-order valence-electron chi connectivity index (χ2n) is 6.03. The van der Waals surface area contributed by atoms with Crippen molar-refractivity contribution >= 4 is 29.9 Å². The Bertz CT molecular complexity index is 691. The summed E-state index contributed by atoms with van der Waals surface area (Å²) in [6, 6.07) is 7.50. The molecule has 1 fully saturated rings. The summed E-state index contributed by atoms with van der Waals surface area (Å²) in [6.45, 7) is 7.32. The van der Waals surface area contributed by atoms with Gasteiger partial charge in [-0.2, -0.15) is 5.10 Å². The summed E-state index contributed by atoms with van der Waals surface area (Å²) in [7, 11) is 0. The van der Waals surface area contributed by atoms with E-state index in [1.54, 1.807) is 6.20 Å². The lowest BCUT2D eigenvalue weighted by atomic mass is 10.0. The molecule has 1 aromatic heterocycles. The molecule has 130 valence electrons. The smallest absolute Gasteiger partial charge is 0.257 e. The number of hydrogen-bond acceptors (Lipinski definition) is 3. The lowest BCUT2D eigenvalue weighted by Gasteiger charge is -2.27. The Morgan fingerprint density at radius 3 is 2.42 bits per heavy atom. The molecule has 24 heavy (non-hydrogen) atoms. The summed E-state index contributed by atoms with van der Waals surface area (Å²) >= 11 is 5.96. The van der Waals surface area contributed by atoms with Gasteiger partial charge in [0.25, 0.3) is 5.91 Å². The molecule has 0 bridgehead atoms. The molecule has 0 aliphatic carbocycles. The van der Waals surface area contributed by atoms with Gasteiger partial charge >= 0.3 is 0 Å². The van der Waals surface area contributed by atoms with Crippen molar-refractivity contribution < 1.29 is 4.79 Å². The van der Waals surface area contributed by atoms with E-state index in [1.807, 2.05) is 33.8 Å². The monoisotopic (exact) mass is 368 g/mol. The van der Waals surface area contributed by atoms with Crippen LogP contribution in [0, 0.1) is 0 Å². The highest BCUT2D eigenvalue weighted by Crippen LogP contribution is 2.25. The van der Waals surface area contributed by atoms with Crippen LogP contribution in [-0.2, 0) is 0 Å². The minimum Gasteiger partial charge on any atom is -0.336 e. The molecule has 0 atom stereocenters. The molecule has 5 nitrogen and oxygen atoms in total. The van der Waals surface area contributed by atoms with Crippen molar-refractivity contribution in [3.8, 4) is 5.69 Å². The zero-order chi connectivity index (χ0) is 16.4. The van der Waals surface area contributed by atoms with Gasteiger partial charge in [-0.3, -0.25) is 4.79 Å². The largest absolute Gasteiger partial charge is 0.336 e. The zero-order valence-corrected chi connectivity index (χ0v) is 15.4. The van der Waals surface area contributed by atoms with Gasteiger partial charge in [0.05, 0.1) is 23.1 Å². The number of carbonyl (C=O) groups excluding carboxylic acids is 1. The van der Waals surface area contributed by atoms with E-state index in [2.05, 4.69) is 24.3 Å². The molecule has 1 N–H and O–H groups in total. The summed E-state index contributed by atoms with van der Waals surface area (Å²) in [4.78, 5) is 14.7. The molecule has 0 unspecified atom stereocenters. The lowest BCUT2D eigenvalue weighted by Crippen LogP contribution is -2.46. The summed E-state index contributed by atoms with van der Waals surface area (Å²) in [5.74, 6) is 0.255. The number of amides is 1. The van der Waals surface area contributed by atoms with Gasteiger partial charge in [-0.25, -0.2) is 4.68 Å². The van der Waals surface area contributed by atoms with Crippen LogP contribution in [0.25, 0.3) is 5.69 Å². The Kier molecular flexibility index (Phi) is 6.27. The third-order valence-corrected chi connectivity index (χ3v) is 4.31. The van der Waals surface area contributed by atoms with Crippen molar-refractivity contribution in [1.82, 2.24) is 20.0 Å². The zero-order valence-electron chi connectivity index (χ0n) is 13.8. The Morgan fingerprint density at radius 2 is 1.83 bits per heavy atom. The first-order valence-corrected chi connectivity index (χ1v) is 8.29. The van der Waals surface area contributed by atoms with Gasteiger partial charge < -0.3 is 10.2 Å². The van der Waals surface area contributed by atoms with Crippen molar-refractivity contribution in [2.75, 3.05) is 26.2 Å². The van der Waals surface area contributed by atoms with Gasteiger partial charge in [0, 0.05) is 31.2 Å². The van der Waals surface area contributed by atoms with E-state index in [-0.39, 0.29) is 24.2 Å². The first-order chi connectivity index (χ1) is 11.1. The summed E-state index contributed by atoms with van der Waals surface area (Å²) in [5, 5.41) is 8.42. The van der Waals surface area contributed by atoms with E-state index >= 15 is 0 Å². The molecule has 1 aliphatic rings. The van der Waals surface area contributed by atoms with Crippen molar-refractivity contribution in [1.29, 1.82) is 0 Å². The number of nitrogens with zero attached hydrogens (tertiary/aromatic N) is 3. The highest BCUT2D eigenvalue weighted by atomic mass is 35.5. The van der Waals surface area contributed by atoms with E-state index in [0.717, 1.165) is 37.6 Å². The average molecular weight is 369 g/mol. The van der Waals surface area contributed by atoms with Crippen LogP contribution in [0.2, 0.25) is 5.02 Å². The predicted molar refractivity (Wildman–Crippen MR) is 98.7 cm³/mol. The normalized spacial score (nSPS) is 14.6. The summed E-state index contributed by atoms with van der Waals surface area (Å²) < 4.78 is 1.84. The number of aromatic nitrogens is 2. The molecule has 1 aromatic carbocycles. The first kappa shape index (κ1) is 18.8. The predicted octanol–water partition coefficient (Wildman–Crippen LogP) is 3.12. The molecule has 1 saturated heterocycles. The fourth-order valence-corrected chi connectivity index (χ4v) is 3.03. The minimum absolute atomic E-state index is 0. The van der Waals surface area contributed by atoms with Crippen LogP contribution in [-0.4, -0.2) is 46.8 Å². The molecule has 0 radical (unpaired) electrons. The molecule has 7 heteroatoms. The third kappa shape index (κ3) is 3.74. The van der Waals surface area contributed by atoms with E-state index in [4.69, 9.17) is 11.6 Å². The van der Waals surface area contributed by atoms with Gasteiger partial charge in [0.2, 0.25) is 0 Å². The molecule has 0 spiro atoms. The topological polar surface area (TPSA) is 50.2 Å². The van der Waals surface area contributed by atoms with Crippen molar-refractivity contribution in [3.05, 3.63) is 46.7 Å². The van der Waals surface area contributed by atoms with Crippen molar-refractivity contribution in [3.63, 3.8) is 0 Å². The van der Waals surface area contributed by atoms with Crippen LogP contribution in [0.5, 0.6) is 0 Å². The Labute approximate surface area is 153 Å². The van der Waals surface area contributed by atoms with Gasteiger partial charge in [-0.1, -0.05) is 25.4 Å². The number of benzene rings is 1. The fourth-order valence-electron chi connectivity index (χ4n) is 2.90. The van der Waals surface area contributed by atoms with Crippen LogP contribution in [0.1, 0.15) is 35.8 Å². The van der Waals surface area contributed by atoms with Gasteiger partial charge in [-0.05, 0) is 30.2 Å². The Balaban J connectivity index is 0.00000208. The van der Waals surface area contributed by atoms with E-state index in [9.17, 15) is 4.79 Å². The molecular weight excluding hydrogens is 347 g/mol. The summed E-state index contributed by atoms with van der Waals surface area (Å²) in [5.41, 5.74) is 2.55. The number of halogens is 2. The van der Waals surface area contributed by atoms with Crippen molar-refractivity contribution in [2.45, 2.75) is 19.8 Å².